The number of anilines is 1. The number of hydrogen-bond acceptors (Lipinski definition) is 3. The second-order valence-corrected chi connectivity index (χ2v) is 4.71. The molecule has 0 fully saturated rings. The van der Waals surface area contributed by atoms with Crippen LogP contribution in [0.15, 0.2) is 48.5 Å². The zero-order chi connectivity index (χ0) is 14.2. The number of nitrogens with one attached hydrogen (secondary N) is 1. The third kappa shape index (κ3) is 4.08. The van der Waals surface area contributed by atoms with E-state index in [1.807, 2.05) is 31.2 Å². The van der Waals surface area contributed by atoms with E-state index in [-0.39, 0.29) is 0 Å². The monoisotopic (exact) mass is 270 g/mol. The van der Waals surface area contributed by atoms with Crippen LogP contribution < -0.4 is 11.1 Å². The smallest absolute Gasteiger partial charge is 0.0719 e. The Bertz CT molecular complexity index is 540. The molecular formula is C17H22N2O. The topological polar surface area (TPSA) is 47.3 Å². The second-order valence-electron chi connectivity index (χ2n) is 4.71. The molecule has 0 aliphatic heterocycles. The van der Waals surface area contributed by atoms with E-state index in [9.17, 15) is 0 Å². The maximum Gasteiger partial charge on any atom is 0.0719 e. The average Bonchev–Trinajstić information content (AvgIpc) is 2.48. The van der Waals surface area contributed by atoms with E-state index in [1.165, 1.54) is 11.1 Å². The highest BCUT2D eigenvalue weighted by atomic mass is 16.5. The lowest BCUT2D eigenvalue weighted by molar-refractivity contribution is 0.133. The SMILES string of the molecule is CCOCc1ccccc1CNCc1ccccc1N. The molecule has 0 unspecified atom stereocenters. The molecule has 0 aliphatic rings. The number of nitrogen functional groups attached to an aromatic ring is 1. The molecule has 0 aliphatic carbocycles. The van der Waals surface area contributed by atoms with E-state index < -0.39 is 0 Å². The van der Waals surface area contributed by atoms with Crippen molar-refractivity contribution < 1.29 is 4.74 Å². The molecule has 0 bridgehead atoms. The third-order valence-electron chi connectivity index (χ3n) is 3.27. The van der Waals surface area contributed by atoms with Gasteiger partial charge in [-0.3, -0.25) is 0 Å². The summed E-state index contributed by atoms with van der Waals surface area (Å²) in [6.07, 6.45) is 0. The molecular weight excluding hydrogens is 248 g/mol. The molecule has 2 aromatic carbocycles. The number of para-hydroxylation sites is 1. The van der Waals surface area contributed by atoms with Gasteiger partial charge in [0.1, 0.15) is 0 Å². The van der Waals surface area contributed by atoms with Gasteiger partial charge < -0.3 is 15.8 Å². The van der Waals surface area contributed by atoms with Crippen LogP contribution in [0.5, 0.6) is 0 Å². The summed E-state index contributed by atoms with van der Waals surface area (Å²) >= 11 is 0. The number of ether oxygens (including phenoxy) is 1. The maximum atomic E-state index is 5.94. The van der Waals surface area contributed by atoms with Gasteiger partial charge in [0.05, 0.1) is 6.61 Å². The summed E-state index contributed by atoms with van der Waals surface area (Å²) in [7, 11) is 0. The summed E-state index contributed by atoms with van der Waals surface area (Å²) in [5.41, 5.74) is 10.4. The van der Waals surface area contributed by atoms with Crippen LogP contribution >= 0.6 is 0 Å². The van der Waals surface area contributed by atoms with Crippen molar-refractivity contribution in [3.63, 3.8) is 0 Å². The van der Waals surface area contributed by atoms with Gasteiger partial charge in [-0.2, -0.15) is 0 Å². The van der Waals surface area contributed by atoms with E-state index in [2.05, 4.69) is 29.6 Å². The van der Waals surface area contributed by atoms with E-state index in [0.29, 0.717) is 6.61 Å². The van der Waals surface area contributed by atoms with Gasteiger partial charge >= 0.3 is 0 Å². The van der Waals surface area contributed by atoms with Crippen LogP contribution in [0.25, 0.3) is 0 Å². The Morgan fingerprint density at radius 2 is 1.50 bits per heavy atom. The lowest BCUT2D eigenvalue weighted by Gasteiger charge is -2.11. The largest absolute Gasteiger partial charge is 0.398 e. The first-order chi connectivity index (χ1) is 9.81. The molecule has 0 heterocycles. The molecule has 106 valence electrons. The summed E-state index contributed by atoms with van der Waals surface area (Å²) in [5.74, 6) is 0. The molecule has 0 aromatic heterocycles. The van der Waals surface area contributed by atoms with Crippen molar-refractivity contribution >= 4 is 5.69 Å². The first-order valence-corrected chi connectivity index (χ1v) is 7.00. The number of nitrogens with two attached hydrogens (primary N) is 1. The summed E-state index contributed by atoms with van der Waals surface area (Å²) in [6.45, 7) is 5.01. The van der Waals surface area contributed by atoms with Crippen molar-refractivity contribution in [2.45, 2.75) is 26.6 Å². The van der Waals surface area contributed by atoms with Gasteiger partial charge in [0.2, 0.25) is 0 Å². The van der Waals surface area contributed by atoms with Gasteiger partial charge in [-0.25, -0.2) is 0 Å². The van der Waals surface area contributed by atoms with Crippen LogP contribution in [0, 0.1) is 0 Å². The van der Waals surface area contributed by atoms with E-state index in [0.717, 1.165) is 30.9 Å². The first kappa shape index (κ1) is 14.6. The summed E-state index contributed by atoms with van der Waals surface area (Å²) in [6, 6.07) is 16.3. The second kappa shape index (κ2) is 7.68. The van der Waals surface area contributed by atoms with Crippen molar-refractivity contribution in [2.24, 2.45) is 0 Å². The van der Waals surface area contributed by atoms with Crippen molar-refractivity contribution in [1.29, 1.82) is 0 Å². The Labute approximate surface area is 120 Å². The fraction of sp³-hybridized carbons (Fsp3) is 0.294. The predicted octanol–water partition coefficient (Wildman–Crippen LogP) is 3.10. The molecule has 0 radical (unpaired) electrons. The molecule has 0 saturated heterocycles. The molecule has 3 heteroatoms. The van der Waals surface area contributed by atoms with Gasteiger partial charge in [-0.15, -0.1) is 0 Å². The lowest BCUT2D eigenvalue weighted by Crippen LogP contribution is -2.15. The Kier molecular flexibility index (Phi) is 5.59. The van der Waals surface area contributed by atoms with Gasteiger partial charge in [0, 0.05) is 25.4 Å². The first-order valence-electron chi connectivity index (χ1n) is 7.00. The molecule has 3 nitrogen and oxygen atoms in total. The fourth-order valence-corrected chi connectivity index (χ4v) is 2.11. The van der Waals surface area contributed by atoms with Gasteiger partial charge in [0.15, 0.2) is 0 Å². The van der Waals surface area contributed by atoms with Crippen LogP contribution in [-0.2, 0) is 24.4 Å². The number of rotatable bonds is 7. The van der Waals surface area contributed by atoms with Gasteiger partial charge in [-0.05, 0) is 29.7 Å². The Balaban J connectivity index is 1.92. The fourth-order valence-electron chi connectivity index (χ4n) is 2.11. The highest BCUT2D eigenvalue weighted by Gasteiger charge is 2.02. The van der Waals surface area contributed by atoms with Crippen LogP contribution in [0.4, 0.5) is 5.69 Å². The molecule has 0 spiro atoms. The zero-order valence-electron chi connectivity index (χ0n) is 11.9. The van der Waals surface area contributed by atoms with E-state index in [4.69, 9.17) is 10.5 Å². The normalized spacial score (nSPS) is 10.7. The molecule has 20 heavy (non-hydrogen) atoms. The van der Waals surface area contributed by atoms with Crippen LogP contribution in [0.2, 0.25) is 0 Å². The minimum atomic E-state index is 0.668. The van der Waals surface area contributed by atoms with Gasteiger partial charge in [-0.1, -0.05) is 42.5 Å². The predicted molar refractivity (Wildman–Crippen MR) is 83.2 cm³/mol. The average molecular weight is 270 g/mol. The third-order valence-corrected chi connectivity index (χ3v) is 3.27. The van der Waals surface area contributed by atoms with Crippen LogP contribution in [0.3, 0.4) is 0 Å². The highest BCUT2D eigenvalue weighted by Crippen LogP contribution is 2.12. The maximum absolute atomic E-state index is 5.94. The zero-order valence-corrected chi connectivity index (χ0v) is 11.9. The summed E-state index contributed by atoms with van der Waals surface area (Å²) in [5, 5.41) is 3.44. The summed E-state index contributed by atoms with van der Waals surface area (Å²) < 4.78 is 5.50. The van der Waals surface area contributed by atoms with Gasteiger partial charge in [0.25, 0.3) is 0 Å². The van der Waals surface area contributed by atoms with Crippen molar-refractivity contribution in [3.05, 3.63) is 65.2 Å². The van der Waals surface area contributed by atoms with E-state index >= 15 is 0 Å². The van der Waals surface area contributed by atoms with Crippen LogP contribution in [-0.4, -0.2) is 6.61 Å². The molecule has 3 N–H and O–H groups in total. The van der Waals surface area contributed by atoms with Crippen LogP contribution in [0.1, 0.15) is 23.6 Å². The van der Waals surface area contributed by atoms with E-state index in [1.54, 1.807) is 0 Å². The molecule has 2 rings (SSSR count). The molecule has 0 amide bonds. The quantitative estimate of drug-likeness (QED) is 0.760. The molecule has 2 aromatic rings. The standard InChI is InChI=1S/C17H22N2O/c1-2-20-13-16-9-4-3-7-14(16)11-19-12-15-8-5-6-10-17(15)18/h3-10,19H,2,11-13,18H2,1H3. The summed E-state index contributed by atoms with van der Waals surface area (Å²) in [4.78, 5) is 0. The molecule has 0 saturated carbocycles. The highest BCUT2D eigenvalue weighted by molar-refractivity contribution is 5.46. The Hall–Kier alpha value is -1.84. The Morgan fingerprint density at radius 3 is 2.20 bits per heavy atom. The number of benzene rings is 2. The van der Waals surface area contributed by atoms with Crippen molar-refractivity contribution in [2.75, 3.05) is 12.3 Å². The lowest BCUT2D eigenvalue weighted by atomic mass is 10.1. The van der Waals surface area contributed by atoms with Crippen molar-refractivity contribution in [3.8, 4) is 0 Å². The minimum absolute atomic E-state index is 0.668. The molecule has 0 atom stereocenters. The minimum Gasteiger partial charge on any atom is -0.398 e. The Morgan fingerprint density at radius 1 is 0.900 bits per heavy atom. The number of hydrogen-bond donors (Lipinski definition) is 2. The van der Waals surface area contributed by atoms with Crippen molar-refractivity contribution in [1.82, 2.24) is 5.32 Å².